The molecule has 0 amide bonds. The van der Waals surface area contributed by atoms with Crippen molar-refractivity contribution < 1.29 is 13.5 Å². The number of nitrogens with one attached hydrogen (secondary N) is 1. The summed E-state index contributed by atoms with van der Waals surface area (Å²) in [6.45, 7) is 4.68. The first-order chi connectivity index (χ1) is 12.5. The van der Waals surface area contributed by atoms with Gasteiger partial charge in [-0.2, -0.15) is 5.10 Å². The van der Waals surface area contributed by atoms with Crippen molar-refractivity contribution in [3.8, 4) is 0 Å². The number of hydrazone groups is 1. The highest BCUT2D eigenvalue weighted by Crippen LogP contribution is 2.24. The van der Waals surface area contributed by atoms with Crippen LogP contribution in [0.5, 0.6) is 0 Å². The van der Waals surface area contributed by atoms with Crippen LogP contribution in [0.15, 0.2) is 17.2 Å². The van der Waals surface area contributed by atoms with Gasteiger partial charge in [-0.15, -0.1) is 0 Å². The molecule has 2 heterocycles. The summed E-state index contributed by atoms with van der Waals surface area (Å²) in [4.78, 5) is 4.20. The summed E-state index contributed by atoms with van der Waals surface area (Å²) >= 11 is 4.60. The molecular weight excluding hydrogens is 360 g/mol. The van der Waals surface area contributed by atoms with E-state index in [9.17, 15) is 8.78 Å². The Morgan fingerprint density at radius 1 is 1.31 bits per heavy atom. The monoisotopic (exact) mass is 383 g/mol. The van der Waals surface area contributed by atoms with E-state index in [1.54, 1.807) is 0 Å². The highest BCUT2D eigenvalue weighted by atomic mass is 32.1. The van der Waals surface area contributed by atoms with Crippen molar-refractivity contribution in [3.63, 3.8) is 0 Å². The second kappa shape index (κ2) is 8.70. The van der Waals surface area contributed by atoms with Crippen molar-refractivity contribution in [2.45, 2.75) is 18.9 Å². The van der Waals surface area contributed by atoms with E-state index in [0.29, 0.717) is 19.2 Å². The SMILES string of the molecule is NC(=S)N/N=C/c1cc(F)c(N2CCN(CC3CCCO3)CC2)cc1F. The zero-order chi connectivity index (χ0) is 18.5. The Labute approximate surface area is 157 Å². The van der Waals surface area contributed by atoms with Gasteiger partial charge in [-0.05, 0) is 31.1 Å². The van der Waals surface area contributed by atoms with Crippen molar-refractivity contribution in [2.24, 2.45) is 10.8 Å². The number of ether oxygens (including phenoxy) is 1. The Morgan fingerprint density at radius 2 is 2.08 bits per heavy atom. The van der Waals surface area contributed by atoms with Gasteiger partial charge in [0.2, 0.25) is 0 Å². The lowest BCUT2D eigenvalue weighted by atomic mass is 10.1. The first-order valence-corrected chi connectivity index (χ1v) is 9.10. The van der Waals surface area contributed by atoms with Crippen LogP contribution in [0.3, 0.4) is 0 Å². The molecule has 1 aromatic carbocycles. The highest BCUT2D eigenvalue weighted by Gasteiger charge is 2.24. The number of hydrogen-bond donors (Lipinski definition) is 2. The number of halogens is 2. The molecule has 2 aliphatic rings. The second-order valence-corrected chi connectivity index (χ2v) is 6.92. The maximum atomic E-state index is 14.5. The molecule has 0 spiro atoms. The minimum atomic E-state index is -0.545. The minimum Gasteiger partial charge on any atom is -0.377 e. The summed E-state index contributed by atoms with van der Waals surface area (Å²) in [5.74, 6) is -1.02. The molecule has 3 rings (SSSR count). The average Bonchev–Trinajstić information content (AvgIpc) is 3.11. The van der Waals surface area contributed by atoms with Crippen molar-refractivity contribution in [1.82, 2.24) is 10.3 Å². The lowest BCUT2D eigenvalue weighted by molar-refractivity contribution is 0.0712. The fraction of sp³-hybridized carbons (Fsp3) is 0.529. The van der Waals surface area contributed by atoms with Crippen LogP contribution in [-0.2, 0) is 4.74 Å². The Balaban J connectivity index is 1.60. The van der Waals surface area contributed by atoms with Crippen LogP contribution in [0.25, 0.3) is 0 Å². The Kier molecular flexibility index (Phi) is 6.33. The smallest absolute Gasteiger partial charge is 0.184 e. The fourth-order valence-corrected chi connectivity index (χ4v) is 3.36. The van der Waals surface area contributed by atoms with Gasteiger partial charge in [-0.1, -0.05) is 0 Å². The van der Waals surface area contributed by atoms with Gasteiger partial charge < -0.3 is 15.4 Å². The predicted octanol–water partition coefficient (Wildman–Crippen LogP) is 1.43. The zero-order valence-electron chi connectivity index (χ0n) is 14.5. The number of nitrogens with two attached hydrogens (primary N) is 1. The maximum absolute atomic E-state index is 14.5. The molecule has 2 saturated heterocycles. The number of hydrogen-bond acceptors (Lipinski definition) is 5. The molecule has 0 radical (unpaired) electrons. The number of benzene rings is 1. The van der Waals surface area contributed by atoms with Crippen molar-refractivity contribution in [2.75, 3.05) is 44.2 Å². The summed E-state index contributed by atoms with van der Waals surface area (Å²) in [7, 11) is 0. The van der Waals surface area contributed by atoms with E-state index in [-0.39, 0.29) is 16.4 Å². The van der Waals surface area contributed by atoms with Gasteiger partial charge in [0.25, 0.3) is 0 Å². The van der Waals surface area contributed by atoms with Gasteiger partial charge >= 0.3 is 0 Å². The molecular formula is C17H23F2N5OS. The zero-order valence-corrected chi connectivity index (χ0v) is 15.3. The Hall–Kier alpha value is -1.84. The number of nitrogens with zero attached hydrogens (tertiary/aromatic N) is 3. The van der Waals surface area contributed by atoms with E-state index in [2.05, 4.69) is 27.6 Å². The lowest BCUT2D eigenvalue weighted by Crippen LogP contribution is -2.48. The molecule has 0 aliphatic carbocycles. The van der Waals surface area contributed by atoms with Gasteiger partial charge in [0.15, 0.2) is 5.11 Å². The van der Waals surface area contributed by atoms with Crippen LogP contribution in [0.2, 0.25) is 0 Å². The molecule has 0 bridgehead atoms. The lowest BCUT2D eigenvalue weighted by Gasteiger charge is -2.37. The maximum Gasteiger partial charge on any atom is 0.184 e. The van der Waals surface area contributed by atoms with Gasteiger partial charge in [-0.25, -0.2) is 8.78 Å². The third-order valence-corrected chi connectivity index (χ3v) is 4.73. The highest BCUT2D eigenvalue weighted by molar-refractivity contribution is 7.80. The summed E-state index contributed by atoms with van der Waals surface area (Å²) in [5, 5.41) is 3.62. The molecule has 3 N–H and O–H groups in total. The van der Waals surface area contributed by atoms with Gasteiger partial charge in [0.1, 0.15) is 11.6 Å². The quantitative estimate of drug-likeness (QED) is 0.456. The predicted molar refractivity (Wildman–Crippen MR) is 102 cm³/mol. The van der Waals surface area contributed by atoms with E-state index in [1.807, 2.05) is 4.90 Å². The summed E-state index contributed by atoms with van der Waals surface area (Å²) in [6.07, 6.45) is 3.69. The largest absolute Gasteiger partial charge is 0.377 e. The van der Waals surface area contributed by atoms with Crippen LogP contribution < -0.4 is 16.1 Å². The van der Waals surface area contributed by atoms with Gasteiger partial charge in [-0.3, -0.25) is 10.3 Å². The molecule has 2 fully saturated rings. The number of thiocarbonyl (C=S) groups is 1. The molecule has 1 atom stereocenters. The van der Waals surface area contributed by atoms with E-state index in [4.69, 9.17) is 10.5 Å². The second-order valence-electron chi connectivity index (χ2n) is 6.48. The third-order valence-electron chi connectivity index (χ3n) is 4.64. The standard InChI is InChI=1S/C17H23F2N5OS/c18-14-9-16(15(19)8-12(14)10-21-22-17(20)26)24-5-3-23(4-6-24)11-13-2-1-7-25-13/h8-10,13H,1-7,11H2,(H3,20,22,26)/b21-10+. The number of anilines is 1. The average molecular weight is 383 g/mol. The third kappa shape index (κ3) is 4.87. The van der Waals surface area contributed by atoms with E-state index in [1.165, 1.54) is 6.07 Å². The molecule has 0 saturated carbocycles. The van der Waals surface area contributed by atoms with Crippen LogP contribution in [0.4, 0.5) is 14.5 Å². The van der Waals surface area contributed by atoms with Crippen LogP contribution in [0, 0.1) is 11.6 Å². The molecule has 26 heavy (non-hydrogen) atoms. The molecule has 142 valence electrons. The fourth-order valence-electron chi connectivity index (χ4n) is 3.31. The first kappa shape index (κ1) is 18.9. The summed E-state index contributed by atoms with van der Waals surface area (Å²) < 4.78 is 34.4. The molecule has 1 aromatic rings. The van der Waals surface area contributed by atoms with Crippen molar-refractivity contribution in [3.05, 3.63) is 29.3 Å². The molecule has 9 heteroatoms. The Morgan fingerprint density at radius 3 is 2.73 bits per heavy atom. The molecule has 2 aliphatic heterocycles. The van der Waals surface area contributed by atoms with E-state index >= 15 is 0 Å². The summed E-state index contributed by atoms with van der Waals surface area (Å²) in [6, 6.07) is 2.35. The number of piperazine rings is 1. The van der Waals surface area contributed by atoms with Gasteiger partial charge in [0.05, 0.1) is 18.0 Å². The Bertz CT molecular complexity index is 673. The molecule has 1 unspecified atom stereocenters. The summed E-state index contributed by atoms with van der Waals surface area (Å²) in [5.41, 5.74) is 7.86. The van der Waals surface area contributed by atoms with Crippen molar-refractivity contribution in [1.29, 1.82) is 0 Å². The normalized spacial score (nSPS) is 21.5. The molecule has 6 nitrogen and oxygen atoms in total. The number of rotatable bonds is 5. The van der Waals surface area contributed by atoms with Crippen LogP contribution in [-0.4, -0.2) is 61.7 Å². The van der Waals surface area contributed by atoms with E-state index in [0.717, 1.165) is 51.4 Å². The minimum absolute atomic E-state index is 0.0343. The van der Waals surface area contributed by atoms with Crippen molar-refractivity contribution >= 4 is 29.2 Å². The van der Waals surface area contributed by atoms with Crippen LogP contribution >= 0.6 is 12.2 Å². The first-order valence-electron chi connectivity index (χ1n) is 8.69. The van der Waals surface area contributed by atoms with Gasteiger partial charge in [0, 0.05) is 51.0 Å². The topological polar surface area (TPSA) is 66.1 Å². The van der Waals surface area contributed by atoms with Crippen LogP contribution in [0.1, 0.15) is 18.4 Å². The van der Waals surface area contributed by atoms with E-state index < -0.39 is 11.6 Å². The molecule has 0 aromatic heterocycles.